The molecule has 0 saturated carbocycles. The fraction of sp³-hybridized carbons (Fsp3) is 0.882. The number of carbonyl (C=O) groups is 2. The summed E-state index contributed by atoms with van der Waals surface area (Å²) in [5, 5.41) is 11.8. The molecule has 0 bridgehead atoms. The predicted molar refractivity (Wildman–Crippen MR) is 195 cm³/mol. The number of unbranched alkanes of at least 4 members (excludes halogenated alkanes) is 4. The maximum absolute atomic E-state index is 12.6. The van der Waals surface area contributed by atoms with E-state index in [4.69, 9.17) is 4.43 Å². The summed E-state index contributed by atoms with van der Waals surface area (Å²) in [7, 11) is -2.69. The number of rotatable bonds is 19. The third kappa shape index (κ3) is 11.7. The van der Waals surface area contributed by atoms with Gasteiger partial charge in [-0.1, -0.05) is 85.9 Å². The van der Waals surface area contributed by atoms with E-state index in [9.17, 15) is 18.9 Å². The van der Waals surface area contributed by atoms with Crippen LogP contribution in [0.25, 0.3) is 0 Å². The highest BCUT2D eigenvalue weighted by atomic mass is 32.2. The first-order chi connectivity index (χ1) is 21.2. The van der Waals surface area contributed by atoms with Gasteiger partial charge < -0.3 is 18.8 Å². The Labute approximate surface area is 287 Å². The molecule has 7 nitrogen and oxygen atoms in total. The number of carboxylic acid groups (broad SMARTS) is 1. The molecule has 3 aliphatic heterocycles. The molecule has 0 N–H and O–H groups in total. The topological polar surface area (TPSA) is 86.7 Å². The van der Waals surface area contributed by atoms with E-state index >= 15 is 0 Å². The van der Waals surface area contributed by atoms with Crippen LogP contribution >= 0.6 is 23.5 Å². The standard InChI is InChI=1S/C18H29NO5S3Si.C16H36N/c1-18(2,3)28(4,5)24-8-6-12-14(20)19-13(16(21)22)17(26-15(12)19)25-11-7-9-27(23)10-11;1-5-9-13-17(14-10-6-2,15-11-7-3)16-12-8-4/h11-12,15H,6-10H2,1-5H3,(H,21,22);5-16H2,1-4H3/q;+1/p-1/t11-,12-,15+,27+;/m0./s1. The van der Waals surface area contributed by atoms with Crippen molar-refractivity contribution in [1.29, 1.82) is 0 Å². The molecule has 262 valence electrons. The van der Waals surface area contributed by atoms with Crippen LogP contribution in [-0.4, -0.2) is 88.7 Å². The summed E-state index contributed by atoms with van der Waals surface area (Å²) in [6.07, 6.45) is 12.5. The minimum atomic E-state index is -1.87. The summed E-state index contributed by atoms with van der Waals surface area (Å²) in [6, 6.07) is 0. The Balaban J connectivity index is 0.000000358. The van der Waals surface area contributed by atoms with Crippen molar-refractivity contribution in [2.45, 2.75) is 141 Å². The van der Waals surface area contributed by atoms with Crippen LogP contribution in [-0.2, 0) is 24.8 Å². The van der Waals surface area contributed by atoms with Crippen LogP contribution in [0.5, 0.6) is 0 Å². The van der Waals surface area contributed by atoms with Crippen LogP contribution < -0.4 is 5.11 Å². The van der Waals surface area contributed by atoms with Crippen LogP contribution in [0.3, 0.4) is 0 Å². The monoisotopic (exact) mass is 704 g/mol. The summed E-state index contributed by atoms with van der Waals surface area (Å²) >= 11 is 2.89. The van der Waals surface area contributed by atoms with Gasteiger partial charge in [0.1, 0.15) is 0 Å². The van der Waals surface area contributed by atoms with Gasteiger partial charge in [0.05, 0.1) is 53.4 Å². The number of quaternary nitrogens is 1. The van der Waals surface area contributed by atoms with E-state index in [2.05, 4.69) is 61.6 Å². The zero-order chi connectivity index (χ0) is 33.8. The number of nitrogens with zero attached hydrogens (tertiary/aromatic N) is 2. The molecular formula is C34H64N2O5S3Si. The first-order valence-electron chi connectivity index (χ1n) is 17.6. The third-order valence-corrected chi connectivity index (χ3v) is 19.1. The minimum absolute atomic E-state index is 0.00393. The highest BCUT2D eigenvalue weighted by molar-refractivity contribution is 8.23. The molecule has 0 aromatic heterocycles. The van der Waals surface area contributed by atoms with Crippen molar-refractivity contribution in [2.24, 2.45) is 5.92 Å². The van der Waals surface area contributed by atoms with Crippen molar-refractivity contribution < 1.29 is 27.8 Å². The SMILES string of the molecule is CC(C)(C)[Si](C)(C)OCC[C@H]1C(=O)N2C(C(=O)[O-])=C(S[C@H]3CC[S@@](=O)C3)S[C@H]12.CCCC[N+](CCCC)(CCCC)CCCC. The minimum Gasteiger partial charge on any atom is -0.543 e. The van der Waals surface area contributed by atoms with Crippen molar-refractivity contribution in [3.05, 3.63) is 9.93 Å². The summed E-state index contributed by atoms with van der Waals surface area (Å²) in [5.74, 6) is -0.435. The zero-order valence-electron chi connectivity index (χ0n) is 29.9. The Kier molecular flexibility index (Phi) is 17.3. The molecule has 0 unspecified atom stereocenters. The second-order valence-electron chi connectivity index (χ2n) is 14.6. The van der Waals surface area contributed by atoms with E-state index in [1.165, 1.54) is 110 Å². The van der Waals surface area contributed by atoms with Crippen molar-refractivity contribution >= 4 is 54.5 Å². The number of hydrogen-bond acceptors (Lipinski definition) is 7. The molecular weight excluding hydrogens is 641 g/mol. The molecule has 0 aliphatic carbocycles. The molecule has 45 heavy (non-hydrogen) atoms. The lowest BCUT2D eigenvalue weighted by atomic mass is 9.94. The lowest BCUT2D eigenvalue weighted by molar-refractivity contribution is -0.929. The lowest BCUT2D eigenvalue weighted by Gasteiger charge is -2.44. The van der Waals surface area contributed by atoms with Gasteiger partial charge in [0.2, 0.25) is 5.91 Å². The van der Waals surface area contributed by atoms with E-state index < -0.39 is 25.1 Å². The average molecular weight is 705 g/mol. The van der Waals surface area contributed by atoms with Gasteiger partial charge in [0.25, 0.3) is 0 Å². The molecule has 1 amide bonds. The number of fused-ring (bicyclic) bond motifs is 1. The molecule has 11 heteroatoms. The summed E-state index contributed by atoms with van der Waals surface area (Å²) in [4.78, 5) is 25.7. The number of carboxylic acids is 1. The van der Waals surface area contributed by atoms with Crippen molar-refractivity contribution in [1.82, 2.24) is 4.90 Å². The maximum atomic E-state index is 12.6. The fourth-order valence-electron chi connectivity index (χ4n) is 5.87. The zero-order valence-corrected chi connectivity index (χ0v) is 33.4. The smallest absolute Gasteiger partial charge is 0.234 e. The van der Waals surface area contributed by atoms with E-state index in [0.717, 1.165) is 6.42 Å². The Hall–Kier alpha value is -0.333. The van der Waals surface area contributed by atoms with E-state index in [1.54, 1.807) is 0 Å². The number of aliphatic carboxylic acids is 1. The van der Waals surface area contributed by atoms with Gasteiger partial charge in [-0.15, -0.1) is 11.8 Å². The molecule has 3 heterocycles. The summed E-state index contributed by atoms with van der Waals surface area (Å²) < 4.78 is 19.9. The fourth-order valence-corrected chi connectivity index (χ4v) is 12.1. The van der Waals surface area contributed by atoms with Gasteiger partial charge in [-0.3, -0.25) is 13.9 Å². The van der Waals surface area contributed by atoms with Crippen LogP contribution in [0.15, 0.2) is 9.93 Å². The van der Waals surface area contributed by atoms with Crippen molar-refractivity contribution in [3.63, 3.8) is 0 Å². The second kappa shape index (κ2) is 19.0. The van der Waals surface area contributed by atoms with E-state index in [1.807, 2.05) is 0 Å². The number of hydrogen-bond donors (Lipinski definition) is 0. The number of β-lactam (4-membered cyclic amide) rings is 1. The van der Waals surface area contributed by atoms with Crippen LogP contribution in [0.4, 0.5) is 0 Å². The maximum Gasteiger partial charge on any atom is 0.234 e. The quantitative estimate of drug-likeness (QED) is 0.0805. The Morgan fingerprint density at radius 3 is 1.93 bits per heavy atom. The lowest BCUT2D eigenvalue weighted by Crippen LogP contribution is -2.58. The highest BCUT2D eigenvalue weighted by Crippen LogP contribution is 2.55. The molecule has 0 radical (unpaired) electrons. The molecule has 4 atom stereocenters. The summed E-state index contributed by atoms with van der Waals surface area (Å²) in [5.41, 5.74) is 0.00393. The molecule has 3 aliphatic rings. The van der Waals surface area contributed by atoms with Gasteiger partial charge in [-0.2, -0.15) is 0 Å². The van der Waals surface area contributed by atoms with Crippen molar-refractivity contribution in [2.75, 3.05) is 44.3 Å². The van der Waals surface area contributed by atoms with Crippen molar-refractivity contribution in [3.8, 4) is 0 Å². The van der Waals surface area contributed by atoms with Gasteiger partial charge in [0, 0.05) is 34.2 Å². The molecule has 0 aromatic rings. The molecule has 0 aromatic carbocycles. The Morgan fingerprint density at radius 1 is 1.02 bits per heavy atom. The second-order valence-corrected chi connectivity index (χ2v) is 23.8. The summed E-state index contributed by atoms with van der Waals surface area (Å²) in [6.45, 7) is 26.4. The molecule has 2 fully saturated rings. The van der Waals surface area contributed by atoms with Gasteiger partial charge >= 0.3 is 0 Å². The van der Waals surface area contributed by atoms with Crippen LogP contribution in [0.2, 0.25) is 18.1 Å². The largest absolute Gasteiger partial charge is 0.543 e. The van der Waals surface area contributed by atoms with E-state index in [-0.39, 0.29) is 33.2 Å². The van der Waals surface area contributed by atoms with Gasteiger partial charge in [-0.25, -0.2) is 0 Å². The normalized spacial score (nSPS) is 23.6. The predicted octanol–water partition coefficient (Wildman–Crippen LogP) is 7.11. The first kappa shape index (κ1) is 40.8. The average Bonchev–Trinajstić information content (AvgIpc) is 3.55. The third-order valence-electron chi connectivity index (χ3n) is 9.96. The van der Waals surface area contributed by atoms with Gasteiger partial charge in [0.15, 0.2) is 8.32 Å². The molecule has 2 saturated heterocycles. The number of amides is 1. The first-order valence-corrected chi connectivity index (χ1v) is 23.8. The Bertz CT molecular complexity index is 979. The molecule has 0 spiro atoms. The Morgan fingerprint density at radius 2 is 1.53 bits per heavy atom. The number of carbonyl (C=O) groups excluding carboxylic acids is 2. The highest BCUT2D eigenvalue weighted by Gasteiger charge is 2.54. The van der Waals surface area contributed by atoms with Crippen LogP contribution in [0.1, 0.15) is 113 Å². The van der Waals surface area contributed by atoms with Crippen LogP contribution in [0, 0.1) is 5.92 Å². The van der Waals surface area contributed by atoms with Gasteiger partial charge in [-0.05, 0) is 56.7 Å². The van der Waals surface area contributed by atoms with E-state index in [0.29, 0.717) is 28.8 Å². The molecule has 3 rings (SSSR count). The number of thioether (sulfide) groups is 2.